The van der Waals surface area contributed by atoms with Crippen LogP contribution in [0.5, 0.6) is 0 Å². The molecule has 7 heavy (non-hydrogen) atoms. The molecule has 0 bridgehead atoms. The van der Waals surface area contributed by atoms with Gasteiger partial charge in [0.25, 0.3) is 0 Å². The molecule has 0 radical (unpaired) electrons. The first kappa shape index (κ1) is 7.64. The number of halogens is 2. The summed E-state index contributed by atoms with van der Waals surface area (Å²) in [5, 5.41) is 4.52. The first-order valence-electron chi connectivity index (χ1n) is 1.59. The molecule has 0 aliphatic heterocycles. The summed E-state index contributed by atoms with van der Waals surface area (Å²) in [6.07, 6.45) is 0. The van der Waals surface area contributed by atoms with E-state index in [1.165, 1.54) is 0 Å². The Morgan fingerprint density at radius 3 is 1.71 bits per heavy atom. The number of hydrogen-bond donors (Lipinski definition) is 0. The topological polar surface area (TPSA) is 0 Å². The van der Waals surface area contributed by atoms with Gasteiger partial charge in [-0.15, -0.1) is 0 Å². The van der Waals surface area contributed by atoms with Crippen molar-refractivity contribution < 1.29 is 24.6 Å². The Hall–Kier alpha value is 0.635. The van der Waals surface area contributed by atoms with Crippen molar-refractivity contribution in [2.45, 2.75) is 0 Å². The number of rotatable bonds is 0. The van der Waals surface area contributed by atoms with Gasteiger partial charge in [0.05, 0.1) is 0 Å². The van der Waals surface area contributed by atoms with Crippen LogP contribution >= 0.6 is 23.2 Å². The normalized spacial score (nSPS) is 3.71. The van der Waals surface area contributed by atoms with E-state index in [-0.39, 0.29) is 0 Å². The van der Waals surface area contributed by atoms with Crippen molar-refractivity contribution in [1.29, 1.82) is 0 Å². The molecule has 0 aliphatic carbocycles. The number of hydrogen-bond acceptors (Lipinski definition) is 0. The van der Waals surface area contributed by atoms with Crippen molar-refractivity contribution in [3.63, 3.8) is 0 Å². The van der Waals surface area contributed by atoms with Gasteiger partial charge in [-0.3, -0.25) is 0 Å². The van der Waals surface area contributed by atoms with E-state index in [1.54, 1.807) is 0 Å². The average molecular weight is 320 g/mol. The van der Waals surface area contributed by atoms with E-state index in [0.29, 0.717) is 0 Å². The SMILES string of the molecule is ClC#[C][Hg][C]#CCl. The molecule has 0 N–H and O–H groups in total. The van der Waals surface area contributed by atoms with Gasteiger partial charge in [-0.2, -0.15) is 0 Å². The van der Waals surface area contributed by atoms with Gasteiger partial charge in [0.2, 0.25) is 0 Å². The van der Waals surface area contributed by atoms with E-state index in [0.717, 1.165) is 0 Å². The maximum absolute atomic E-state index is 5.02. The van der Waals surface area contributed by atoms with Crippen LogP contribution in [0.3, 0.4) is 0 Å². The molecule has 0 aromatic carbocycles. The minimum absolute atomic E-state index is 1.19. The third-order valence-corrected chi connectivity index (χ3v) is 5.07. The van der Waals surface area contributed by atoms with Crippen LogP contribution in [0, 0.1) is 17.6 Å². The molecule has 0 amide bonds. The predicted octanol–water partition coefficient (Wildman–Crippen LogP) is 1.38. The van der Waals surface area contributed by atoms with Gasteiger partial charge in [0.1, 0.15) is 0 Å². The molecule has 0 fully saturated rings. The molecule has 0 unspecified atom stereocenters. The van der Waals surface area contributed by atoms with E-state index < -0.39 is 24.6 Å². The Balaban J connectivity index is 3.21. The summed E-state index contributed by atoms with van der Waals surface area (Å²) in [6.45, 7) is 0. The van der Waals surface area contributed by atoms with Gasteiger partial charge < -0.3 is 0 Å². The average Bonchev–Trinajstić information content (AvgIpc) is 1.69. The summed E-state index contributed by atoms with van der Waals surface area (Å²) in [5.74, 6) is 0. The van der Waals surface area contributed by atoms with Crippen molar-refractivity contribution in [3.05, 3.63) is 0 Å². The maximum atomic E-state index is 5.02. The molecule has 0 aromatic heterocycles. The molecule has 0 heterocycles. The van der Waals surface area contributed by atoms with Gasteiger partial charge in [0, 0.05) is 0 Å². The molecule has 0 saturated heterocycles. The molecule has 0 atom stereocenters. The molecule has 32 valence electrons. The molecular weight excluding hydrogens is 320 g/mol. The molecule has 0 aliphatic rings. The zero-order chi connectivity index (χ0) is 5.54. The van der Waals surface area contributed by atoms with Crippen LogP contribution in [0.25, 0.3) is 0 Å². The van der Waals surface area contributed by atoms with Crippen molar-refractivity contribution in [3.8, 4) is 17.6 Å². The fourth-order valence-corrected chi connectivity index (χ4v) is 2.15. The Kier molecular flexibility index (Phi) is 7.24. The van der Waals surface area contributed by atoms with Gasteiger partial charge in [0.15, 0.2) is 0 Å². The monoisotopic (exact) mass is 320 g/mol. The second kappa shape index (κ2) is 6.64. The van der Waals surface area contributed by atoms with E-state index in [9.17, 15) is 0 Å². The predicted molar refractivity (Wildman–Crippen MR) is 27.3 cm³/mol. The summed E-state index contributed by atoms with van der Waals surface area (Å²) >= 11 is 8.85. The van der Waals surface area contributed by atoms with E-state index in [2.05, 4.69) is 17.6 Å². The summed E-state index contributed by atoms with van der Waals surface area (Å²) < 4.78 is 5.46. The zero-order valence-electron chi connectivity index (χ0n) is 3.46. The van der Waals surface area contributed by atoms with Crippen molar-refractivity contribution in [2.75, 3.05) is 0 Å². The third-order valence-electron chi connectivity index (χ3n) is 0.310. The zero-order valence-corrected chi connectivity index (χ0v) is 10.5. The first-order chi connectivity index (χ1) is 3.41. The van der Waals surface area contributed by atoms with Crippen LogP contribution in [-0.4, -0.2) is 0 Å². The molecule has 0 spiro atoms. The van der Waals surface area contributed by atoms with Crippen LogP contribution in [0.4, 0.5) is 0 Å². The first-order valence-corrected chi connectivity index (χ1v) is 7.84. The fraction of sp³-hybridized carbons (Fsp3) is 0. The van der Waals surface area contributed by atoms with Gasteiger partial charge in [-0.1, -0.05) is 0 Å². The standard InChI is InChI=1S/2C2Cl.Hg/c2*1-2-3;. The molecular formula is C4Cl2Hg. The van der Waals surface area contributed by atoms with E-state index in [4.69, 9.17) is 23.2 Å². The minimum atomic E-state index is -1.19. The van der Waals surface area contributed by atoms with Crippen molar-refractivity contribution in [1.82, 2.24) is 0 Å². The van der Waals surface area contributed by atoms with Gasteiger partial charge in [-0.05, 0) is 0 Å². The summed E-state index contributed by atoms with van der Waals surface area (Å²) in [6, 6.07) is 0. The summed E-state index contributed by atoms with van der Waals surface area (Å²) in [4.78, 5) is 0. The summed E-state index contributed by atoms with van der Waals surface area (Å²) in [7, 11) is 0. The molecule has 0 saturated carbocycles. The Morgan fingerprint density at radius 2 is 1.43 bits per heavy atom. The Bertz CT molecular complexity index is 125. The van der Waals surface area contributed by atoms with Crippen LogP contribution in [0.1, 0.15) is 0 Å². The second-order valence-corrected chi connectivity index (χ2v) is 5.22. The van der Waals surface area contributed by atoms with Crippen molar-refractivity contribution >= 4 is 23.2 Å². The Labute approximate surface area is 65.0 Å². The van der Waals surface area contributed by atoms with Gasteiger partial charge in [-0.25, -0.2) is 0 Å². The van der Waals surface area contributed by atoms with Crippen LogP contribution in [0.15, 0.2) is 0 Å². The third kappa shape index (κ3) is 6.64. The second-order valence-electron chi connectivity index (χ2n) is 0.719. The molecule has 0 nitrogen and oxygen atoms in total. The quantitative estimate of drug-likeness (QED) is 0.467. The molecule has 3 heteroatoms. The Morgan fingerprint density at radius 1 is 1.00 bits per heavy atom. The molecule has 0 aromatic rings. The van der Waals surface area contributed by atoms with Crippen LogP contribution in [-0.2, 0) is 24.6 Å². The van der Waals surface area contributed by atoms with Crippen LogP contribution in [0.2, 0.25) is 0 Å². The van der Waals surface area contributed by atoms with Gasteiger partial charge >= 0.3 is 65.4 Å². The van der Waals surface area contributed by atoms with E-state index in [1.807, 2.05) is 0 Å². The molecule has 0 rings (SSSR count). The van der Waals surface area contributed by atoms with Crippen LogP contribution < -0.4 is 0 Å². The summed E-state index contributed by atoms with van der Waals surface area (Å²) in [5.41, 5.74) is 0. The van der Waals surface area contributed by atoms with Crippen molar-refractivity contribution in [2.24, 2.45) is 0 Å². The fourth-order valence-electron chi connectivity index (χ4n) is 0.111. The van der Waals surface area contributed by atoms with E-state index >= 15 is 0 Å².